The molecule has 0 aromatic heterocycles. The zero-order valence-electron chi connectivity index (χ0n) is 11.8. The Morgan fingerprint density at radius 3 is 2.67 bits per heavy atom. The van der Waals surface area contributed by atoms with Gasteiger partial charge in [-0.2, -0.15) is 5.26 Å². The van der Waals surface area contributed by atoms with E-state index in [0.29, 0.717) is 5.56 Å². The summed E-state index contributed by atoms with van der Waals surface area (Å²) < 4.78 is 0. The van der Waals surface area contributed by atoms with E-state index in [0.717, 1.165) is 31.6 Å². The van der Waals surface area contributed by atoms with Gasteiger partial charge in [0.1, 0.15) is 0 Å². The fourth-order valence-corrected chi connectivity index (χ4v) is 2.61. The molecule has 102 valence electrons. The van der Waals surface area contributed by atoms with E-state index in [1.165, 1.54) is 11.1 Å². The van der Waals surface area contributed by atoms with Crippen LogP contribution in [0.3, 0.4) is 0 Å². The van der Waals surface area contributed by atoms with Crippen LogP contribution in [0.5, 0.6) is 0 Å². The molecule has 0 N–H and O–H groups in total. The largest absolute Gasteiger partial charge is 0.288 e. The molecule has 0 fully saturated rings. The minimum absolute atomic E-state index is 0.661. The topological polar surface area (TPSA) is 27.0 Å². The molecule has 0 bridgehead atoms. The van der Waals surface area contributed by atoms with Gasteiger partial charge < -0.3 is 0 Å². The predicted molar refractivity (Wildman–Crippen MR) is 83.5 cm³/mol. The quantitative estimate of drug-likeness (QED) is 0.746. The zero-order valence-corrected chi connectivity index (χ0v) is 11.8. The lowest BCUT2D eigenvalue weighted by Gasteiger charge is -2.26. The van der Waals surface area contributed by atoms with Crippen molar-refractivity contribution in [2.75, 3.05) is 13.1 Å². The third-order valence-corrected chi connectivity index (χ3v) is 3.74. The summed E-state index contributed by atoms with van der Waals surface area (Å²) in [6, 6.07) is 18.2. The smallest absolute Gasteiger partial charge is 0.0992 e. The Bertz CT molecular complexity index is 744. The fraction of sp³-hybridized carbons (Fsp3) is 0.211. The van der Waals surface area contributed by atoms with Gasteiger partial charge in [-0.1, -0.05) is 42.2 Å². The van der Waals surface area contributed by atoms with Gasteiger partial charge in [0.05, 0.1) is 18.2 Å². The normalized spacial score (nSPS) is 13.7. The molecule has 1 aliphatic rings. The Kier molecular flexibility index (Phi) is 4.01. The first kappa shape index (κ1) is 13.4. The van der Waals surface area contributed by atoms with E-state index >= 15 is 0 Å². The Labute approximate surface area is 125 Å². The molecule has 21 heavy (non-hydrogen) atoms. The standard InChI is InChI=1S/C19H16N2/c20-14-17-6-3-5-16(13-17)7-4-11-21-12-10-18-8-1-2-9-19(18)15-21/h1-3,5-6,8-9,13H,10-12,15H2. The third-order valence-electron chi connectivity index (χ3n) is 3.74. The highest BCUT2D eigenvalue weighted by Crippen LogP contribution is 2.17. The van der Waals surface area contributed by atoms with E-state index in [2.05, 4.69) is 47.1 Å². The molecule has 0 unspecified atom stereocenters. The molecule has 2 nitrogen and oxygen atoms in total. The van der Waals surface area contributed by atoms with Crippen LogP contribution in [0, 0.1) is 23.2 Å². The van der Waals surface area contributed by atoms with E-state index in [1.807, 2.05) is 18.2 Å². The van der Waals surface area contributed by atoms with E-state index in [4.69, 9.17) is 5.26 Å². The molecule has 0 saturated carbocycles. The highest BCUT2D eigenvalue weighted by atomic mass is 15.1. The molecule has 0 radical (unpaired) electrons. The molecule has 0 atom stereocenters. The number of rotatable bonds is 1. The minimum atomic E-state index is 0.661. The van der Waals surface area contributed by atoms with Gasteiger partial charge in [0.25, 0.3) is 0 Å². The monoisotopic (exact) mass is 272 g/mol. The summed E-state index contributed by atoms with van der Waals surface area (Å²) in [5, 5.41) is 8.88. The molecule has 0 amide bonds. The van der Waals surface area contributed by atoms with Crippen LogP contribution >= 0.6 is 0 Å². The van der Waals surface area contributed by atoms with Crippen LogP contribution in [0.2, 0.25) is 0 Å². The molecular weight excluding hydrogens is 256 g/mol. The summed E-state index contributed by atoms with van der Waals surface area (Å²) in [5.74, 6) is 6.37. The Morgan fingerprint density at radius 1 is 1.00 bits per heavy atom. The van der Waals surface area contributed by atoms with Crippen molar-refractivity contribution in [1.82, 2.24) is 4.90 Å². The van der Waals surface area contributed by atoms with Gasteiger partial charge in [-0.15, -0.1) is 0 Å². The van der Waals surface area contributed by atoms with Gasteiger partial charge in [0.15, 0.2) is 0 Å². The minimum Gasteiger partial charge on any atom is -0.288 e. The van der Waals surface area contributed by atoms with E-state index in [-0.39, 0.29) is 0 Å². The number of fused-ring (bicyclic) bond motifs is 1. The first-order valence-electron chi connectivity index (χ1n) is 7.13. The highest BCUT2D eigenvalue weighted by Gasteiger charge is 2.13. The summed E-state index contributed by atoms with van der Waals surface area (Å²) in [6.07, 6.45) is 1.10. The molecule has 2 aromatic rings. The van der Waals surface area contributed by atoms with Crippen molar-refractivity contribution in [1.29, 1.82) is 5.26 Å². The lowest BCUT2D eigenvalue weighted by molar-refractivity contribution is 0.286. The summed E-state index contributed by atoms with van der Waals surface area (Å²) in [6.45, 7) is 2.80. The Hall–Kier alpha value is -2.55. The maximum Gasteiger partial charge on any atom is 0.0992 e. The highest BCUT2D eigenvalue weighted by molar-refractivity contribution is 5.41. The average Bonchev–Trinajstić information content (AvgIpc) is 2.55. The third kappa shape index (κ3) is 3.31. The van der Waals surface area contributed by atoms with Crippen LogP contribution < -0.4 is 0 Å². The van der Waals surface area contributed by atoms with Crippen LogP contribution in [0.1, 0.15) is 22.3 Å². The average molecular weight is 272 g/mol. The number of nitriles is 1. The molecule has 1 heterocycles. The number of hydrogen-bond donors (Lipinski definition) is 0. The summed E-state index contributed by atoms with van der Waals surface area (Å²) in [5.41, 5.74) is 4.45. The Balaban J connectivity index is 1.64. The molecule has 3 rings (SSSR count). The van der Waals surface area contributed by atoms with Gasteiger partial charge in [-0.05, 0) is 35.7 Å². The Morgan fingerprint density at radius 2 is 1.81 bits per heavy atom. The first-order chi connectivity index (χ1) is 10.3. The van der Waals surface area contributed by atoms with Crippen molar-refractivity contribution in [3.8, 4) is 17.9 Å². The first-order valence-corrected chi connectivity index (χ1v) is 7.13. The van der Waals surface area contributed by atoms with Crippen LogP contribution in [-0.2, 0) is 13.0 Å². The lowest BCUT2D eigenvalue weighted by atomic mass is 10.00. The summed E-state index contributed by atoms with van der Waals surface area (Å²) in [4.78, 5) is 2.36. The maximum absolute atomic E-state index is 8.88. The fourth-order valence-electron chi connectivity index (χ4n) is 2.61. The van der Waals surface area contributed by atoms with Crippen LogP contribution in [0.25, 0.3) is 0 Å². The van der Waals surface area contributed by atoms with Gasteiger partial charge in [0, 0.05) is 18.7 Å². The van der Waals surface area contributed by atoms with E-state index in [1.54, 1.807) is 6.07 Å². The summed E-state index contributed by atoms with van der Waals surface area (Å²) >= 11 is 0. The molecule has 1 aliphatic heterocycles. The zero-order chi connectivity index (χ0) is 14.5. The van der Waals surface area contributed by atoms with Gasteiger partial charge in [-0.3, -0.25) is 4.90 Å². The lowest BCUT2D eigenvalue weighted by Crippen LogP contribution is -2.30. The van der Waals surface area contributed by atoms with Crippen molar-refractivity contribution in [2.45, 2.75) is 13.0 Å². The van der Waals surface area contributed by atoms with Crippen molar-refractivity contribution >= 4 is 0 Å². The second kappa shape index (κ2) is 6.27. The second-order valence-electron chi connectivity index (χ2n) is 5.22. The van der Waals surface area contributed by atoms with Crippen molar-refractivity contribution < 1.29 is 0 Å². The molecular formula is C19H16N2. The van der Waals surface area contributed by atoms with Crippen LogP contribution in [-0.4, -0.2) is 18.0 Å². The van der Waals surface area contributed by atoms with Crippen molar-refractivity contribution in [3.05, 3.63) is 70.8 Å². The second-order valence-corrected chi connectivity index (χ2v) is 5.22. The van der Waals surface area contributed by atoms with Crippen molar-refractivity contribution in [3.63, 3.8) is 0 Å². The van der Waals surface area contributed by atoms with Crippen molar-refractivity contribution in [2.24, 2.45) is 0 Å². The van der Waals surface area contributed by atoms with Crippen LogP contribution in [0.4, 0.5) is 0 Å². The number of benzene rings is 2. The SMILES string of the molecule is N#Cc1cccc(C#CCN2CCc3ccccc3C2)c1. The van der Waals surface area contributed by atoms with Gasteiger partial charge in [0.2, 0.25) is 0 Å². The van der Waals surface area contributed by atoms with Crippen LogP contribution in [0.15, 0.2) is 48.5 Å². The molecule has 2 heteroatoms. The van der Waals surface area contributed by atoms with Gasteiger partial charge >= 0.3 is 0 Å². The van der Waals surface area contributed by atoms with Gasteiger partial charge in [-0.25, -0.2) is 0 Å². The predicted octanol–water partition coefficient (Wildman–Crippen LogP) is 2.97. The summed E-state index contributed by atoms with van der Waals surface area (Å²) in [7, 11) is 0. The molecule has 2 aromatic carbocycles. The maximum atomic E-state index is 8.88. The van der Waals surface area contributed by atoms with E-state index in [9.17, 15) is 0 Å². The number of nitrogens with zero attached hydrogens (tertiary/aromatic N) is 2. The van der Waals surface area contributed by atoms with E-state index < -0.39 is 0 Å². The molecule has 0 saturated heterocycles. The number of hydrogen-bond acceptors (Lipinski definition) is 2. The molecule has 0 spiro atoms. The molecule has 0 aliphatic carbocycles.